The van der Waals surface area contributed by atoms with Gasteiger partial charge < -0.3 is 26.8 Å². The van der Waals surface area contributed by atoms with Crippen LogP contribution in [0, 0.1) is 5.92 Å². The average Bonchev–Trinajstić information content (AvgIpc) is 2.69. The lowest BCUT2D eigenvalue weighted by atomic mass is 10.0. The zero-order valence-corrected chi connectivity index (χ0v) is 18.0. The van der Waals surface area contributed by atoms with Crippen molar-refractivity contribution >= 4 is 36.3 Å². The number of hydrogen-bond donors (Lipinski definition) is 6. The molecule has 3 atom stereocenters. The van der Waals surface area contributed by atoms with Gasteiger partial charge in [-0.3, -0.25) is 19.2 Å². The first-order chi connectivity index (χ1) is 14.1. The summed E-state index contributed by atoms with van der Waals surface area (Å²) in [4.78, 5) is 48.1. The molecule has 1 rings (SSSR count). The minimum absolute atomic E-state index is 0.000768. The van der Waals surface area contributed by atoms with Gasteiger partial charge in [0.05, 0.1) is 6.04 Å². The fraction of sp³-hybridized carbons (Fsp3) is 0.500. The number of nitrogens with one attached hydrogen (secondary N) is 3. The summed E-state index contributed by atoms with van der Waals surface area (Å²) in [7, 11) is 0. The summed E-state index contributed by atoms with van der Waals surface area (Å²) in [5.41, 5.74) is 6.63. The first-order valence-electron chi connectivity index (χ1n) is 9.64. The third kappa shape index (κ3) is 9.27. The van der Waals surface area contributed by atoms with Crippen molar-refractivity contribution in [1.82, 2.24) is 16.0 Å². The van der Waals surface area contributed by atoms with Gasteiger partial charge in [0.25, 0.3) is 0 Å². The van der Waals surface area contributed by atoms with E-state index < -0.39 is 48.4 Å². The molecule has 1 aromatic carbocycles. The lowest BCUT2D eigenvalue weighted by molar-refractivity contribution is -0.138. The molecular formula is C20H30N4O5S. The van der Waals surface area contributed by atoms with E-state index in [0.29, 0.717) is 6.42 Å². The van der Waals surface area contributed by atoms with Gasteiger partial charge in [0.2, 0.25) is 17.7 Å². The number of aliphatic carboxylic acids is 1. The summed E-state index contributed by atoms with van der Waals surface area (Å²) in [5.74, 6) is -2.72. The molecule has 0 aliphatic heterocycles. The summed E-state index contributed by atoms with van der Waals surface area (Å²) in [6, 6.07) is 6.17. The van der Waals surface area contributed by atoms with Gasteiger partial charge in [0, 0.05) is 12.2 Å². The summed E-state index contributed by atoms with van der Waals surface area (Å²) in [6.45, 7) is 3.29. The van der Waals surface area contributed by atoms with E-state index in [1.807, 2.05) is 19.9 Å². The molecule has 0 aromatic heterocycles. The Labute approximate surface area is 181 Å². The van der Waals surface area contributed by atoms with Crippen molar-refractivity contribution in [2.45, 2.75) is 44.8 Å². The van der Waals surface area contributed by atoms with Gasteiger partial charge in [-0.15, -0.1) is 0 Å². The molecular weight excluding hydrogens is 408 g/mol. The van der Waals surface area contributed by atoms with Crippen LogP contribution in [0.25, 0.3) is 0 Å². The number of carboxylic acids is 1. The molecule has 0 aliphatic carbocycles. The van der Waals surface area contributed by atoms with E-state index in [2.05, 4.69) is 28.6 Å². The monoisotopic (exact) mass is 438 g/mol. The molecule has 0 bridgehead atoms. The zero-order valence-electron chi connectivity index (χ0n) is 17.1. The standard InChI is InChI=1S/C20H30N4O5S/c1-12(2)8-14(21)18(27)24-16(11-30)20(29)23-15(19(28)22-10-17(25)26)9-13-6-4-3-5-7-13/h3-7,12,14-16,30H,8-11,21H2,1-2H3,(H,22,28)(H,23,29)(H,24,27)(H,25,26). The SMILES string of the molecule is CC(C)CC(N)C(=O)NC(CS)C(=O)NC(Cc1ccccc1)C(=O)NCC(=O)O. The van der Waals surface area contributed by atoms with Gasteiger partial charge in [0.1, 0.15) is 18.6 Å². The summed E-state index contributed by atoms with van der Waals surface area (Å²) < 4.78 is 0. The van der Waals surface area contributed by atoms with Crippen LogP contribution >= 0.6 is 12.6 Å². The van der Waals surface area contributed by atoms with Gasteiger partial charge in [-0.1, -0.05) is 44.2 Å². The fourth-order valence-electron chi connectivity index (χ4n) is 2.71. The van der Waals surface area contributed by atoms with E-state index in [0.717, 1.165) is 5.56 Å². The Balaban J connectivity index is 2.85. The zero-order chi connectivity index (χ0) is 22.7. The van der Waals surface area contributed by atoms with Crippen LogP contribution in [-0.4, -0.2) is 59.2 Å². The second-order valence-electron chi connectivity index (χ2n) is 7.34. The second kappa shape index (κ2) is 12.9. The van der Waals surface area contributed by atoms with E-state index in [4.69, 9.17) is 10.8 Å². The minimum Gasteiger partial charge on any atom is -0.480 e. The van der Waals surface area contributed by atoms with Crippen molar-refractivity contribution in [3.05, 3.63) is 35.9 Å². The third-order valence-electron chi connectivity index (χ3n) is 4.21. The van der Waals surface area contributed by atoms with Crippen molar-refractivity contribution in [2.75, 3.05) is 12.3 Å². The maximum atomic E-state index is 12.7. The lowest BCUT2D eigenvalue weighted by Crippen LogP contribution is -2.57. The molecule has 3 amide bonds. The van der Waals surface area contributed by atoms with Crippen molar-refractivity contribution in [3.63, 3.8) is 0 Å². The number of hydrogen-bond acceptors (Lipinski definition) is 6. The Kier molecular flexibility index (Phi) is 10.9. The van der Waals surface area contributed by atoms with E-state index in [-0.39, 0.29) is 18.1 Å². The third-order valence-corrected chi connectivity index (χ3v) is 4.57. The van der Waals surface area contributed by atoms with Crippen molar-refractivity contribution in [1.29, 1.82) is 0 Å². The van der Waals surface area contributed by atoms with Crippen LogP contribution in [0.5, 0.6) is 0 Å². The summed E-state index contributed by atoms with van der Waals surface area (Å²) >= 11 is 4.11. The molecule has 0 fully saturated rings. The number of carbonyl (C=O) groups is 4. The predicted octanol–water partition coefficient (Wildman–Crippen LogP) is -0.297. The van der Waals surface area contributed by atoms with Crippen molar-refractivity contribution in [3.8, 4) is 0 Å². The highest BCUT2D eigenvalue weighted by Crippen LogP contribution is 2.06. The number of carboxylic acid groups (broad SMARTS) is 1. The second-order valence-corrected chi connectivity index (χ2v) is 7.71. The number of nitrogens with two attached hydrogens (primary N) is 1. The molecule has 30 heavy (non-hydrogen) atoms. The van der Waals surface area contributed by atoms with Crippen LogP contribution < -0.4 is 21.7 Å². The lowest BCUT2D eigenvalue weighted by Gasteiger charge is -2.23. The highest BCUT2D eigenvalue weighted by molar-refractivity contribution is 7.80. The van der Waals surface area contributed by atoms with Gasteiger partial charge in [-0.25, -0.2) is 0 Å². The molecule has 3 unspecified atom stereocenters. The first kappa shape index (κ1) is 25.4. The van der Waals surface area contributed by atoms with Gasteiger partial charge in [-0.05, 0) is 17.9 Å². The molecule has 9 nitrogen and oxygen atoms in total. The molecule has 10 heteroatoms. The number of amides is 3. The largest absolute Gasteiger partial charge is 0.480 e. The molecule has 6 N–H and O–H groups in total. The molecule has 1 aromatic rings. The van der Waals surface area contributed by atoms with Crippen LogP contribution in [0.15, 0.2) is 30.3 Å². The molecule has 0 radical (unpaired) electrons. The topological polar surface area (TPSA) is 151 Å². The van der Waals surface area contributed by atoms with Crippen LogP contribution in [0.3, 0.4) is 0 Å². The van der Waals surface area contributed by atoms with Crippen LogP contribution in [-0.2, 0) is 25.6 Å². The fourth-order valence-corrected chi connectivity index (χ4v) is 2.96. The molecule has 166 valence electrons. The first-order valence-corrected chi connectivity index (χ1v) is 10.3. The van der Waals surface area contributed by atoms with Crippen LogP contribution in [0.4, 0.5) is 0 Å². The molecule has 0 saturated heterocycles. The van der Waals surface area contributed by atoms with Crippen LogP contribution in [0.2, 0.25) is 0 Å². The number of carbonyl (C=O) groups excluding carboxylic acids is 3. The van der Waals surface area contributed by atoms with E-state index >= 15 is 0 Å². The molecule has 0 heterocycles. The Morgan fingerprint density at radius 3 is 2.13 bits per heavy atom. The Morgan fingerprint density at radius 1 is 1.00 bits per heavy atom. The highest BCUT2D eigenvalue weighted by atomic mass is 32.1. The van der Waals surface area contributed by atoms with E-state index in [1.165, 1.54) is 0 Å². The van der Waals surface area contributed by atoms with E-state index in [9.17, 15) is 19.2 Å². The number of benzene rings is 1. The van der Waals surface area contributed by atoms with Crippen LogP contribution in [0.1, 0.15) is 25.8 Å². The number of thiol groups is 1. The minimum atomic E-state index is -1.20. The Bertz CT molecular complexity index is 729. The molecule has 0 spiro atoms. The summed E-state index contributed by atoms with van der Waals surface area (Å²) in [6.07, 6.45) is 0.610. The smallest absolute Gasteiger partial charge is 0.322 e. The highest BCUT2D eigenvalue weighted by Gasteiger charge is 2.28. The average molecular weight is 439 g/mol. The molecule has 0 aliphatic rings. The normalized spacial score (nSPS) is 13.8. The molecule has 0 saturated carbocycles. The predicted molar refractivity (Wildman–Crippen MR) is 116 cm³/mol. The maximum Gasteiger partial charge on any atom is 0.322 e. The van der Waals surface area contributed by atoms with Gasteiger partial charge >= 0.3 is 5.97 Å². The quantitative estimate of drug-likeness (QED) is 0.247. The Hall–Kier alpha value is -2.59. The van der Waals surface area contributed by atoms with E-state index in [1.54, 1.807) is 24.3 Å². The van der Waals surface area contributed by atoms with Crippen molar-refractivity contribution < 1.29 is 24.3 Å². The van der Waals surface area contributed by atoms with Gasteiger partial charge in [-0.2, -0.15) is 12.6 Å². The maximum absolute atomic E-state index is 12.7. The van der Waals surface area contributed by atoms with Crippen molar-refractivity contribution in [2.24, 2.45) is 11.7 Å². The Morgan fingerprint density at radius 2 is 1.60 bits per heavy atom. The summed E-state index contributed by atoms with van der Waals surface area (Å²) in [5, 5.41) is 16.2. The van der Waals surface area contributed by atoms with Gasteiger partial charge in [0.15, 0.2) is 0 Å². The number of rotatable bonds is 12.